The normalized spacial score (nSPS) is 14.3. The molecule has 0 amide bonds. The Kier molecular flexibility index (Phi) is 4.16. The first-order chi connectivity index (χ1) is 9.28. The maximum absolute atomic E-state index is 12.9. The fraction of sp³-hybridized carbons (Fsp3) is 0.400. The van der Waals surface area contributed by atoms with E-state index >= 15 is 0 Å². The maximum atomic E-state index is 12.9. The summed E-state index contributed by atoms with van der Waals surface area (Å²) in [6.07, 6.45) is 0.814. The fourth-order valence-corrected chi connectivity index (χ4v) is 2.56. The lowest BCUT2D eigenvalue weighted by molar-refractivity contribution is 0.0589. The second kappa shape index (κ2) is 5.54. The van der Waals surface area contributed by atoms with Crippen LogP contribution in [-0.4, -0.2) is 20.5 Å². The summed E-state index contributed by atoms with van der Waals surface area (Å²) < 4.78 is 14.6. The molecule has 0 aliphatic rings. The number of halogens is 2. The quantitative estimate of drug-likeness (QED) is 0.941. The van der Waals surface area contributed by atoms with Crippen LogP contribution in [-0.2, 0) is 19.9 Å². The molecule has 20 heavy (non-hydrogen) atoms. The molecule has 2 rings (SSSR count). The van der Waals surface area contributed by atoms with Crippen molar-refractivity contribution in [1.29, 1.82) is 0 Å². The van der Waals surface area contributed by atoms with Crippen molar-refractivity contribution in [3.8, 4) is 0 Å². The minimum atomic E-state index is -0.971. The fourth-order valence-electron chi connectivity index (χ4n) is 2.34. The van der Waals surface area contributed by atoms with Crippen LogP contribution in [0.1, 0.15) is 23.9 Å². The van der Waals surface area contributed by atoms with Crippen LogP contribution in [0, 0.1) is 12.7 Å². The van der Waals surface area contributed by atoms with Crippen molar-refractivity contribution in [1.82, 2.24) is 9.78 Å². The number of aliphatic hydroxyl groups is 1. The number of hydrogen-bond donors (Lipinski definition) is 1. The van der Waals surface area contributed by atoms with Crippen LogP contribution in [0.3, 0.4) is 0 Å². The van der Waals surface area contributed by atoms with Gasteiger partial charge in [-0.15, -0.1) is 0 Å². The molecule has 0 saturated carbocycles. The first kappa shape index (κ1) is 15.0. The van der Waals surface area contributed by atoms with Gasteiger partial charge in [0, 0.05) is 19.9 Å². The highest BCUT2D eigenvalue weighted by atomic mass is 35.5. The molecule has 0 radical (unpaired) electrons. The molecule has 3 nitrogen and oxygen atoms in total. The predicted octanol–water partition coefficient (Wildman–Crippen LogP) is 3.06. The standard InChI is InChI=1S/C15H18ClFN2O/c1-10-14(16)13(19(3)18-10)9-15(2,20)8-11-4-6-12(17)7-5-11/h4-7,20H,8-9H2,1-3H3. The Balaban J connectivity index is 2.16. The molecule has 5 heteroatoms. The first-order valence-corrected chi connectivity index (χ1v) is 6.81. The van der Waals surface area contributed by atoms with Gasteiger partial charge in [0.05, 0.1) is 22.0 Å². The SMILES string of the molecule is Cc1nn(C)c(CC(C)(O)Cc2ccc(F)cc2)c1Cl. The van der Waals surface area contributed by atoms with Crippen LogP contribution < -0.4 is 0 Å². The van der Waals surface area contributed by atoms with E-state index in [4.69, 9.17) is 11.6 Å². The average Bonchev–Trinajstić information content (AvgIpc) is 2.58. The van der Waals surface area contributed by atoms with Gasteiger partial charge in [-0.2, -0.15) is 5.10 Å². The Labute approximate surface area is 123 Å². The van der Waals surface area contributed by atoms with E-state index in [1.807, 2.05) is 14.0 Å². The Morgan fingerprint density at radius 3 is 2.40 bits per heavy atom. The Hall–Kier alpha value is -1.39. The lowest BCUT2D eigenvalue weighted by Crippen LogP contribution is -2.31. The Morgan fingerprint density at radius 1 is 1.30 bits per heavy atom. The summed E-state index contributed by atoms with van der Waals surface area (Å²) in [7, 11) is 1.81. The van der Waals surface area contributed by atoms with Crippen LogP contribution >= 0.6 is 11.6 Å². The zero-order chi connectivity index (χ0) is 14.9. The minimum Gasteiger partial charge on any atom is -0.389 e. The highest BCUT2D eigenvalue weighted by molar-refractivity contribution is 6.31. The highest BCUT2D eigenvalue weighted by Gasteiger charge is 2.25. The van der Waals surface area contributed by atoms with Crippen LogP contribution in [0.25, 0.3) is 0 Å². The van der Waals surface area contributed by atoms with Gasteiger partial charge >= 0.3 is 0 Å². The number of hydrogen-bond acceptors (Lipinski definition) is 2. The Morgan fingerprint density at radius 2 is 1.90 bits per heavy atom. The van der Waals surface area contributed by atoms with Gasteiger partial charge in [-0.3, -0.25) is 4.68 Å². The van der Waals surface area contributed by atoms with E-state index in [-0.39, 0.29) is 5.82 Å². The molecule has 0 aliphatic heterocycles. The van der Waals surface area contributed by atoms with Gasteiger partial charge in [-0.05, 0) is 31.5 Å². The number of aromatic nitrogens is 2. The molecule has 1 aromatic heterocycles. The molecular formula is C15H18ClFN2O. The monoisotopic (exact) mass is 296 g/mol. The lowest BCUT2D eigenvalue weighted by Gasteiger charge is -2.23. The topological polar surface area (TPSA) is 38.0 Å². The molecule has 108 valence electrons. The average molecular weight is 297 g/mol. The maximum Gasteiger partial charge on any atom is 0.123 e. The van der Waals surface area contributed by atoms with Gasteiger partial charge in [0.15, 0.2) is 0 Å². The van der Waals surface area contributed by atoms with E-state index in [1.165, 1.54) is 12.1 Å². The highest BCUT2D eigenvalue weighted by Crippen LogP contribution is 2.25. The van der Waals surface area contributed by atoms with Crippen molar-refractivity contribution in [3.05, 3.63) is 52.1 Å². The van der Waals surface area contributed by atoms with E-state index < -0.39 is 5.60 Å². The molecular weight excluding hydrogens is 279 g/mol. The molecule has 0 fully saturated rings. The molecule has 0 bridgehead atoms. The van der Waals surface area contributed by atoms with Crippen molar-refractivity contribution >= 4 is 11.6 Å². The number of benzene rings is 1. The molecule has 1 unspecified atom stereocenters. The van der Waals surface area contributed by atoms with Crippen molar-refractivity contribution in [2.45, 2.75) is 32.3 Å². The third-order valence-electron chi connectivity index (χ3n) is 3.31. The molecule has 0 aliphatic carbocycles. The third-order valence-corrected chi connectivity index (χ3v) is 3.80. The van der Waals surface area contributed by atoms with Crippen molar-refractivity contribution < 1.29 is 9.50 Å². The van der Waals surface area contributed by atoms with Crippen LogP contribution in [0.15, 0.2) is 24.3 Å². The van der Waals surface area contributed by atoms with E-state index in [2.05, 4.69) is 5.10 Å². The van der Waals surface area contributed by atoms with Crippen molar-refractivity contribution in [2.75, 3.05) is 0 Å². The zero-order valence-corrected chi connectivity index (χ0v) is 12.6. The first-order valence-electron chi connectivity index (χ1n) is 6.43. The zero-order valence-electron chi connectivity index (χ0n) is 11.8. The minimum absolute atomic E-state index is 0.279. The van der Waals surface area contributed by atoms with Crippen molar-refractivity contribution in [3.63, 3.8) is 0 Å². The van der Waals surface area contributed by atoms with Gasteiger partial charge in [-0.1, -0.05) is 23.7 Å². The number of aryl methyl sites for hydroxylation is 2. The summed E-state index contributed by atoms with van der Waals surface area (Å²) in [6, 6.07) is 6.15. The van der Waals surface area contributed by atoms with Gasteiger partial charge in [0.25, 0.3) is 0 Å². The second-order valence-corrected chi connectivity index (χ2v) is 5.82. The Bertz CT molecular complexity index is 605. The van der Waals surface area contributed by atoms with Gasteiger partial charge in [0.2, 0.25) is 0 Å². The van der Waals surface area contributed by atoms with Crippen LogP contribution in [0.4, 0.5) is 4.39 Å². The summed E-state index contributed by atoms with van der Waals surface area (Å²) >= 11 is 6.20. The van der Waals surface area contributed by atoms with Crippen LogP contribution in [0.5, 0.6) is 0 Å². The predicted molar refractivity (Wildman–Crippen MR) is 77.4 cm³/mol. The number of rotatable bonds is 4. The van der Waals surface area contributed by atoms with Crippen LogP contribution in [0.2, 0.25) is 5.02 Å². The molecule has 0 spiro atoms. The van der Waals surface area contributed by atoms with Crippen molar-refractivity contribution in [2.24, 2.45) is 7.05 Å². The largest absolute Gasteiger partial charge is 0.389 e. The molecule has 1 aromatic carbocycles. The summed E-state index contributed by atoms with van der Waals surface area (Å²) in [6.45, 7) is 3.58. The smallest absolute Gasteiger partial charge is 0.123 e. The lowest BCUT2D eigenvalue weighted by atomic mass is 9.91. The summed E-state index contributed by atoms with van der Waals surface area (Å²) in [5.74, 6) is -0.279. The number of nitrogens with zero attached hydrogens (tertiary/aromatic N) is 2. The summed E-state index contributed by atoms with van der Waals surface area (Å²) in [5, 5.41) is 15.4. The third kappa shape index (κ3) is 3.38. The van der Waals surface area contributed by atoms with Gasteiger partial charge in [-0.25, -0.2) is 4.39 Å². The van der Waals surface area contributed by atoms with Gasteiger partial charge < -0.3 is 5.11 Å². The molecule has 1 heterocycles. The van der Waals surface area contributed by atoms with E-state index in [0.717, 1.165) is 17.0 Å². The van der Waals surface area contributed by atoms with E-state index in [9.17, 15) is 9.50 Å². The van der Waals surface area contributed by atoms with E-state index in [0.29, 0.717) is 17.9 Å². The van der Waals surface area contributed by atoms with Gasteiger partial charge in [0.1, 0.15) is 5.82 Å². The van der Waals surface area contributed by atoms with E-state index in [1.54, 1.807) is 23.7 Å². The molecule has 2 aromatic rings. The second-order valence-electron chi connectivity index (χ2n) is 5.45. The molecule has 1 atom stereocenters. The molecule has 1 N–H and O–H groups in total. The summed E-state index contributed by atoms with van der Waals surface area (Å²) in [4.78, 5) is 0. The molecule has 0 saturated heterocycles. The summed E-state index contributed by atoms with van der Waals surface area (Å²) in [5.41, 5.74) is 1.46.